The number of nitrogens with zero attached hydrogens (tertiary/aromatic N) is 2. The van der Waals surface area contributed by atoms with E-state index in [1.54, 1.807) is 18.1 Å². The van der Waals surface area contributed by atoms with E-state index in [-0.39, 0.29) is 24.3 Å². The molecule has 27 heavy (non-hydrogen) atoms. The summed E-state index contributed by atoms with van der Waals surface area (Å²) in [5.41, 5.74) is 0.704. The second kappa shape index (κ2) is 8.26. The molecule has 2 aromatic rings. The summed E-state index contributed by atoms with van der Waals surface area (Å²) in [4.78, 5) is 28.4. The van der Waals surface area contributed by atoms with Gasteiger partial charge < -0.3 is 19.4 Å². The van der Waals surface area contributed by atoms with Gasteiger partial charge in [-0.3, -0.25) is 14.5 Å². The zero-order chi connectivity index (χ0) is 19.4. The molecule has 0 bridgehead atoms. The van der Waals surface area contributed by atoms with Crippen LogP contribution < -0.4 is 15.0 Å². The molecule has 1 N–H and O–H groups in total. The van der Waals surface area contributed by atoms with Gasteiger partial charge in [-0.05, 0) is 45.3 Å². The molecule has 0 fully saturated rings. The number of fused-ring (bicyclic) bond motifs is 1. The van der Waals surface area contributed by atoms with Crippen molar-refractivity contribution in [2.45, 2.75) is 25.5 Å². The van der Waals surface area contributed by atoms with E-state index in [1.807, 2.05) is 55.4 Å². The Bertz CT molecular complexity index is 788. The molecule has 1 aromatic carbocycles. The van der Waals surface area contributed by atoms with Crippen LogP contribution >= 0.6 is 0 Å². The maximum Gasteiger partial charge on any atom is 0.267 e. The third-order valence-electron chi connectivity index (χ3n) is 4.62. The zero-order valence-corrected chi connectivity index (χ0v) is 15.8. The molecule has 2 unspecified atom stereocenters. The zero-order valence-electron chi connectivity index (χ0n) is 15.8. The van der Waals surface area contributed by atoms with Crippen molar-refractivity contribution in [1.82, 2.24) is 10.2 Å². The van der Waals surface area contributed by atoms with Crippen LogP contribution in [0.2, 0.25) is 0 Å². The molecule has 1 aliphatic heterocycles. The first-order valence-electron chi connectivity index (χ1n) is 9.01. The topological polar surface area (TPSA) is 75.0 Å². The highest BCUT2D eigenvalue weighted by molar-refractivity contribution is 6.00. The largest absolute Gasteiger partial charge is 0.479 e. The van der Waals surface area contributed by atoms with Gasteiger partial charge in [-0.25, -0.2) is 0 Å². The van der Waals surface area contributed by atoms with Gasteiger partial charge in [-0.2, -0.15) is 0 Å². The highest BCUT2D eigenvalue weighted by Crippen LogP contribution is 2.33. The number of nitrogens with one attached hydrogen (secondary N) is 1. The van der Waals surface area contributed by atoms with Crippen LogP contribution in [-0.2, 0) is 9.59 Å². The van der Waals surface area contributed by atoms with E-state index in [4.69, 9.17) is 9.15 Å². The van der Waals surface area contributed by atoms with Crippen LogP contribution in [0, 0.1) is 0 Å². The van der Waals surface area contributed by atoms with E-state index in [2.05, 4.69) is 5.32 Å². The lowest BCUT2D eigenvalue weighted by Gasteiger charge is -2.32. The number of rotatable bonds is 7. The Morgan fingerprint density at radius 2 is 2.04 bits per heavy atom. The molecule has 1 aliphatic rings. The maximum absolute atomic E-state index is 12.5. The van der Waals surface area contributed by atoms with Gasteiger partial charge in [0.2, 0.25) is 5.91 Å². The molecule has 2 atom stereocenters. The van der Waals surface area contributed by atoms with Crippen molar-refractivity contribution in [2.75, 3.05) is 32.1 Å². The lowest BCUT2D eigenvalue weighted by molar-refractivity contribution is -0.125. The minimum Gasteiger partial charge on any atom is -0.479 e. The fourth-order valence-corrected chi connectivity index (χ4v) is 3.12. The molecule has 1 aromatic heterocycles. The fraction of sp³-hybridized carbons (Fsp3) is 0.400. The van der Waals surface area contributed by atoms with E-state index in [9.17, 15) is 9.59 Å². The van der Waals surface area contributed by atoms with Gasteiger partial charge in [-0.15, -0.1) is 0 Å². The Morgan fingerprint density at radius 3 is 2.74 bits per heavy atom. The first-order valence-corrected chi connectivity index (χ1v) is 9.01. The Morgan fingerprint density at radius 1 is 1.26 bits per heavy atom. The number of hydrogen-bond acceptors (Lipinski definition) is 5. The van der Waals surface area contributed by atoms with E-state index in [0.29, 0.717) is 24.5 Å². The van der Waals surface area contributed by atoms with E-state index in [1.165, 1.54) is 0 Å². The maximum atomic E-state index is 12.5. The average Bonchev–Trinajstić information content (AvgIpc) is 3.16. The predicted octanol–water partition coefficient (Wildman–Crippen LogP) is 2.20. The predicted molar refractivity (Wildman–Crippen MR) is 102 cm³/mol. The Kier molecular flexibility index (Phi) is 5.81. The molecule has 7 nitrogen and oxygen atoms in total. The second-order valence-corrected chi connectivity index (χ2v) is 6.77. The Balaban J connectivity index is 1.58. The number of carbonyl (C=O) groups is 2. The molecule has 3 rings (SSSR count). The smallest absolute Gasteiger partial charge is 0.267 e. The van der Waals surface area contributed by atoms with Crippen LogP contribution in [0.15, 0.2) is 47.1 Å². The minimum atomic E-state index is -0.556. The number of furan rings is 1. The van der Waals surface area contributed by atoms with Gasteiger partial charge in [0.05, 0.1) is 18.0 Å². The summed E-state index contributed by atoms with van der Waals surface area (Å²) in [6, 6.07) is 11.0. The summed E-state index contributed by atoms with van der Waals surface area (Å²) in [5, 5.41) is 2.93. The fourth-order valence-electron chi connectivity index (χ4n) is 3.12. The van der Waals surface area contributed by atoms with E-state index in [0.717, 1.165) is 5.76 Å². The van der Waals surface area contributed by atoms with Gasteiger partial charge >= 0.3 is 0 Å². The molecular formula is C20H25N3O4. The number of likely N-dealkylation sites (N-methyl/N-ethyl adjacent to an activating group) is 1. The van der Waals surface area contributed by atoms with Crippen molar-refractivity contribution in [3.8, 4) is 5.75 Å². The van der Waals surface area contributed by atoms with Gasteiger partial charge in [0.25, 0.3) is 5.91 Å². The van der Waals surface area contributed by atoms with Crippen molar-refractivity contribution in [3.63, 3.8) is 0 Å². The van der Waals surface area contributed by atoms with Gasteiger partial charge in [0, 0.05) is 19.5 Å². The highest BCUT2D eigenvalue weighted by atomic mass is 16.5. The molecule has 0 saturated carbocycles. The van der Waals surface area contributed by atoms with Crippen molar-refractivity contribution in [2.24, 2.45) is 0 Å². The lowest BCUT2D eigenvalue weighted by Crippen LogP contribution is -2.46. The number of benzene rings is 1. The summed E-state index contributed by atoms with van der Waals surface area (Å²) in [7, 11) is 3.87. The summed E-state index contributed by atoms with van der Waals surface area (Å²) in [6.07, 6.45) is 1.28. The van der Waals surface area contributed by atoms with E-state index >= 15 is 0 Å². The number of amides is 2. The molecule has 0 spiro atoms. The van der Waals surface area contributed by atoms with Crippen molar-refractivity contribution >= 4 is 17.5 Å². The van der Waals surface area contributed by atoms with Crippen LogP contribution in [-0.4, -0.2) is 50.0 Å². The van der Waals surface area contributed by atoms with Crippen LogP contribution in [0.1, 0.15) is 25.1 Å². The SMILES string of the molecule is CC1Oc2ccccc2N(CCC(=O)NCC(c2ccco2)N(C)C)C1=O. The van der Waals surface area contributed by atoms with E-state index < -0.39 is 6.10 Å². The number of hydrogen-bond donors (Lipinski definition) is 1. The number of ether oxygens (including phenoxy) is 1. The molecule has 0 radical (unpaired) electrons. The standard InChI is InChI=1S/C20H25N3O4/c1-14-20(25)23(15-7-4-5-8-18(15)27-14)11-10-19(24)21-13-16(22(2)3)17-9-6-12-26-17/h4-9,12,14,16H,10-11,13H2,1-3H3,(H,21,24). The quantitative estimate of drug-likeness (QED) is 0.808. The molecule has 0 saturated heterocycles. The van der Waals surface area contributed by atoms with Crippen molar-refractivity contribution in [3.05, 3.63) is 48.4 Å². The lowest BCUT2D eigenvalue weighted by atomic mass is 10.1. The van der Waals surface area contributed by atoms with Crippen LogP contribution in [0.5, 0.6) is 5.75 Å². The van der Waals surface area contributed by atoms with Crippen molar-refractivity contribution in [1.29, 1.82) is 0 Å². The highest BCUT2D eigenvalue weighted by Gasteiger charge is 2.31. The molecular weight excluding hydrogens is 346 g/mol. The molecule has 7 heteroatoms. The van der Waals surface area contributed by atoms with Gasteiger partial charge in [0.1, 0.15) is 11.5 Å². The van der Waals surface area contributed by atoms with Gasteiger partial charge in [-0.1, -0.05) is 12.1 Å². The monoisotopic (exact) mass is 371 g/mol. The summed E-state index contributed by atoms with van der Waals surface area (Å²) in [6.45, 7) is 2.46. The summed E-state index contributed by atoms with van der Waals surface area (Å²) < 4.78 is 11.1. The normalized spacial score (nSPS) is 17.4. The summed E-state index contributed by atoms with van der Waals surface area (Å²) in [5.74, 6) is 1.21. The average molecular weight is 371 g/mol. The van der Waals surface area contributed by atoms with Crippen LogP contribution in [0.4, 0.5) is 5.69 Å². The number of anilines is 1. The number of para-hydroxylation sites is 2. The van der Waals surface area contributed by atoms with Crippen LogP contribution in [0.3, 0.4) is 0 Å². The first-order chi connectivity index (χ1) is 13.0. The first kappa shape index (κ1) is 19.0. The molecule has 2 amide bonds. The summed E-state index contributed by atoms with van der Waals surface area (Å²) >= 11 is 0. The Labute approximate surface area is 158 Å². The van der Waals surface area contributed by atoms with Crippen LogP contribution in [0.25, 0.3) is 0 Å². The molecule has 144 valence electrons. The van der Waals surface area contributed by atoms with Gasteiger partial charge in [0.15, 0.2) is 6.10 Å². The van der Waals surface area contributed by atoms with Crippen molar-refractivity contribution < 1.29 is 18.7 Å². The second-order valence-electron chi connectivity index (χ2n) is 6.77. The Hall–Kier alpha value is -2.80. The molecule has 0 aliphatic carbocycles. The third kappa shape index (κ3) is 4.31. The molecule has 2 heterocycles. The minimum absolute atomic E-state index is 0.0466. The third-order valence-corrected chi connectivity index (χ3v) is 4.62. The number of carbonyl (C=O) groups excluding carboxylic acids is 2.